The van der Waals surface area contributed by atoms with Crippen LogP contribution in [0.15, 0.2) is 22.7 Å². The third kappa shape index (κ3) is 2.78. The summed E-state index contributed by atoms with van der Waals surface area (Å²) >= 11 is 5.97. The number of piperazine rings is 1. The summed E-state index contributed by atoms with van der Waals surface area (Å²) in [5.41, 5.74) is 1.47. The van der Waals surface area contributed by atoms with Gasteiger partial charge >= 0.3 is 0 Å². The molecular formula is C15H16ClN5O. The van der Waals surface area contributed by atoms with Crippen molar-refractivity contribution in [3.63, 3.8) is 0 Å². The number of hydrogen-bond acceptors (Lipinski definition) is 6. The maximum absolute atomic E-state index is 9.33. The van der Waals surface area contributed by atoms with Crippen molar-refractivity contribution >= 4 is 17.3 Å². The van der Waals surface area contributed by atoms with Crippen molar-refractivity contribution in [1.29, 1.82) is 5.26 Å². The largest absolute Gasteiger partial charge is 0.367 e. The molecule has 1 aromatic heterocycles. The average molecular weight is 318 g/mol. The van der Waals surface area contributed by atoms with Gasteiger partial charge in [-0.15, -0.1) is 0 Å². The van der Waals surface area contributed by atoms with E-state index in [-0.39, 0.29) is 6.04 Å². The van der Waals surface area contributed by atoms with Gasteiger partial charge in [0.05, 0.1) is 11.3 Å². The number of halogens is 1. The summed E-state index contributed by atoms with van der Waals surface area (Å²) in [6, 6.07) is 7.62. The number of benzene rings is 1. The number of rotatable bonds is 2. The van der Waals surface area contributed by atoms with Gasteiger partial charge in [0, 0.05) is 24.7 Å². The normalized spacial score (nSPS) is 19.2. The van der Waals surface area contributed by atoms with Gasteiger partial charge in [-0.3, -0.25) is 4.90 Å². The topological polar surface area (TPSA) is 69.2 Å². The fraction of sp³-hybridized carbons (Fsp3) is 0.400. The van der Waals surface area contributed by atoms with Gasteiger partial charge < -0.3 is 9.42 Å². The molecule has 0 N–H and O–H groups in total. The summed E-state index contributed by atoms with van der Waals surface area (Å²) in [6.07, 6.45) is 0. The Morgan fingerprint density at radius 2 is 2.23 bits per heavy atom. The van der Waals surface area contributed by atoms with Crippen LogP contribution in [0.5, 0.6) is 0 Å². The van der Waals surface area contributed by atoms with Gasteiger partial charge in [-0.1, -0.05) is 16.8 Å². The van der Waals surface area contributed by atoms with Gasteiger partial charge in [0.2, 0.25) is 5.89 Å². The summed E-state index contributed by atoms with van der Waals surface area (Å²) in [6.45, 7) is 4.17. The fourth-order valence-corrected chi connectivity index (χ4v) is 2.85. The molecule has 1 aromatic carbocycles. The minimum atomic E-state index is 0.0113. The van der Waals surface area contributed by atoms with E-state index in [0.29, 0.717) is 28.8 Å². The highest BCUT2D eigenvalue weighted by Crippen LogP contribution is 2.29. The number of nitriles is 1. The zero-order chi connectivity index (χ0) is 15.7. The van der Waals surface area contributed by atoms with E-state index in [1.54, 1.807) is 13.0 Å². The number of aromatic nitrogens is 2. The molecule has 2 aromatic rings. The molecule has 0 aliphatic carbocycles. The van der Waals surface area contributed by atoms with Crippen LogP contribution in [0.3, 0.4) is 0 Å². The van der Waals surface area contributed by atoms with Crippen molar-refractivity contribution < 1.29 is 4.52 Å². The molecule has 7 heteroatoms. The Hall–Kier alpha value is -2.10. The van der Waals surface area contributed by atoms with Crippen molar-refractivity contribution in [3.8, 4) is 6.07 Å². The Kier molecular flexibility index (Phi) is 4.01. The minimum absolute atomic E-state index is 0.0113. The third-order valence-corrected chi connectivity index (χ3v) is 4.13. The minimum Gasteiger partial charge on any atom is -0.367 e. The van der Waals surface area contributed by atoms with Gasteiger partial charge in [-0.05, 0) is 32.2 Å². The lowest BCUT2D eigenvalue weighted by atomic mass is 10.1. The molecule has 114 valence electrons. The lowest BCUT2D eigenvalue weighted by molar-refractivity contribution is 0.177. The van der Waals surface area contributed by atoms with Crippen molar-refractivity contribution in [3.05, 3.63) is 40.5 Å². The van der Waals surface area contributed by atoms with E-state index in [9.17, 15) is 5.26 Å². The number of likely N-dealkylation sites (N-methyl/N-ethyl adjacent to an activating group) is 1. The summed E-state index contributed by atoms with van der Waals surface area (Å²) < 4.78 is 5.32. The second kappa shape index (κ2) is 5.95. The van der Waals surface area contributed by atoms with E-state index < -0.39 is 0 Å². The highest BCUT2D eigenvalue weighted by atomic mass is 35.5. The molecule has 0 amide bonds. The van der Waals surface area contributed by atoms with Crippen molar-refractivity contribution in [2.45, 2.75) is 13.0 Å². The molecule has 1 atom stereocenters. The summed E-state index contributed by atoms with van der Waals surface area (Å²) in [4.78, 5) is 8.69. The maximum Gasteiger partial charge on any atom is 0.245 e. The van der Waals surface area contributed by atoms with Crippen molar-refractivity contribution in [2.24, 2.45) is 0 Å². The van der Waals surface area contributed by atoms with Crippen LogP contribution in [-0.4, -0.2) is 41.7 Å². The van der Waals surface area contributed by atoms with E-state index in [0.717, 1.165) is 18.8 Å². The van der Waals surface area contributed by atoms with Gasteiger partial charge in [0.25, 0.3) is 0 Å². The highest BCUT2D eigenvalue weighted by molar-refractivity contribution is 6.30. The predicted octanol–water partition coefficient (Wildman–Crippen LogP) is 2.40. The van der Waals surface area contributed by atoms with E-state index in [4.69, 9.17) is 16.1 Å². The first-order valence-electron chi connectivity index (χ1n) is 7.03. The summed E-state index contributed by atoms with van der Waals surface area (Å²) in [5.74, 6) is 1.24. The van der Waals surface area contributed by atoms with Crippen LogP contribution < -0.4 is 4.90 Å². The number of nitrogens with zero attached hydrogens (tertiary/aromatic N) is 5. The first-order chi connectivity index (χ1) is 10.6. The molecule has 0 bridgehead atoms. The maximum atomic E-state index is 9.33. The molecule has 22 heavy (non-hydrogen) atoms. The molecule has 1 fully saturated rings. The quantitative estimate of drug-likeness (QED) is 0.847. The molecule has 1 saturated heterocycles. The Balaban J connectivity index is 1.89. The average Bonchev–Trinajstić information content (AvgIpc) is 2.94. The van der Waals surface area contributed by atoms with E-state index >= 15 is 0 Å². The predicted molar refractivity (Wildman–Crippen MR) is 82.8 cm³/mol. The monoisotopic (exact) mass is 317 g/mol. The molecule has 0 radical (unpaired) electrons. The Morgan fingerprint density at radius 3 is 2.91 bits per heavy atom. The van der Waals surface area contributed by atoms with Gasteiger partial charge in [-0.25, -0.2) is 0 Å². The first-order valence-corrected chi connectivity index (χ1v) is 7.41. The Morgan fingerprint density at radius 1 is 1.41 bits per heavy atom. The van der Waals surface area contributed by atoms with Crippen molar-refractivity contribution in [1.82, 2.24) is 15.0 Å². The molecule has 1 aliphatic heterocycles. The molecule has 6 nitrogen and oxygen atoms in total. The Labute approximate surface area is 133 Å². The smallest absolute Gasteiger partial charge is 0.245 e. The second-order valence-electron chi connectivity index (χ2n) is 5.40. The van der Waals surface area contributed by atoms with Crippen LogP contribution in [0.4, 0.5) is 5.69 Å². The summed E-state index contributed by atoms with van der Waals surface area (Å²) in [5, 5.41) is 13.8. The number of anilines is 1. The molecule has 0 saturated carbocycles. The third-order valence-electron chi connectivity index (χ3n) is 3.90. The standard InChI is InChI=1S/C15H16ClN5O/c1-10-18-15(22-19-10)14-9-21(6-5-20(14)2)13-4-3-12(16)7-11(13)8-17/h3-4,7,14H,5-6,9H2,1-2H3. The summed E-state index contributed by atoms with van der Waals surface area (Å²) in [7, 11) is 2.04. The van der Waals surface area contributed by atoms with E-state index in [1.807, 2.05) is 19.2 Å². The van der Waals surface area contributed by atoms with E-state index in [2.05, 4.69) is 26.0 Å². The van der Waals surface area contributed by atoms with E-state index in [1.165, 1.54) is 0 Å². The lowest BCUT2D eigenvalue weighted by Gasteiger charge is -2.39. The highest BCUT2D eigenvalue weighted by Gasteiger charge is 2.30. The zero-order valence-corrected chi connectivity index (χ0v) is 13.2. The SMILES string of the molecule is Cc1noc(C2CN(c3ccc(Cl)cc3C#N)CCN2C)n1. The molecule has 2 heterocycles. The van der Waals surface area contributed by atoms with Crippen LogP contribution in [0.2, 0.25) is 5.02 Å². The molecule has 1 aliphatic rings. The molecule has 1 unspecified atom stereocenters. The lowest BCUT2D eigenvalue weighted by Crippen LogP contribution is -2.47. The van der Waals surface area contributed by atoms with Crippen LogP contribution >= 0.6 is 11.6 Å². The van der Waals surface area contributed by atoms with Gasteiger partial charge in [0.15, 0.2) is 5.82 Å². The molecule has 3 rings (SSSR count). The van der Waals surface area contributed by atoms with Crippen molar-refractivity contribution in [2.75, 3.05) is 31.6 Å². The second-order valence-corrected chi connectivity index (χ2v) is 5.83. The van der Waals surface area contributed by atoms with Crippen LogP contribution in [0.25, 0.3) is 0 Å². The van der Waals surface area contributed by atoms with Crippen LogP contribution in [0.1, 0.15) is 23.3 Å². The number of aryl methyl sites for hydroxylation is 1. The zero-order valence-electron chi connectivity index (χ0n) is 12.5. The van der Waals surface area contributed by atoms with Crippen LogP contribution in [0, 0.1) is 18.3 Å². The molecule has 0 spiro atoms. The molecular weight excluding hydrogens is 302 g/mol. The van der Waals surface area contributed by atoms with Gasteiger partial charge in [-0.2, -0.15) is 10.2 Å². The first kappa shape index (κ1) is 14.8. The van der Waals surface area contributed by atoms with Gasteiger partial charge in [0.1, 0.15) is 12.1 Å². The number of hydrogen-bond donors (Lipinski definition) is 0. The Bertz CT molecular complexity index is 723. The van der Waals surface area contributed by atoms with Crippen LogP contribution in [-0.2, 0) is 0 Å². The fourth-order valence-electron chi connectivity index (χ4n) is 2.68.